The molecule has 0 fully saturated rings. The van der Waals surface area contributed by atoms with Crippen molar-refractivity contribution in [2.45, 2.75) is 24.9 Å². The highest BCUT2D eigenvalue weighted by atomic mass is 32.2. The van der Waals surface area contributed by atoms with Gasteiger partial charge in [-0.05, 0) is 60.2 Å². The summed E-state index contributed by atoms with van der Waals surface area (Å²) in [6.07, 6.45) is 1.10. The van der Waals surface area contributed by atoms with E-state index in [9.17, 15) is 9.18 Å². The zero-order valence-electron chi connectivity index (χ0n) is 13.7. The molecule has 0 aliphatic heterocycles. The summed E-state index contributed by atoms with van der Waals surface area (Å²) < 4.78 is 14.6. The van der Waals surface area contributed by atoms with E-state index in [0.29, 0.717) is 23.6 Å². The van der Waals surface area contributed by atoms with Crippen molar-refractivity contribution < 1.29 is 9.18 Å². The third kappa shape index (κ3) is 4.51. The lowest BCUT2D eigenvalue weighted by Crippen LogP contribution is -2.01. The average molecular weight is 356 g/mol. The van der Waals surface area contributed by atoms with Crippen LogP contribution in [0.5, 0.6) is 0 Å². The molecule has 3 aromatic rings. The average Bonchev–Trinajstić information content (AvgIpc) is 3.08. The molecular formula is C18H17FN4OS. The highest BCUT2D eigenvalue weighted by Gasteiger charge is 2.10. The molecule has 5 nitrogen and oxygen atoms in total. The highest BCUT2D eigenvalue weighted by molar-refractivity contribution is 7.99. The maximum absolute atomic E-state index is 12.9. The quantitative estimate of drug-likeness (QED) is 0.365. The number of hydrogen-bond acceptors (Lipinski definition) is 5. The van der Waals surface area contributed by atoms with Gasteiger partial charge in [-0.15, -0.1) is 5.10 Å². The van der Waals surface area contributed by atoms with E-state index < -0.39 is 0 Å². The van der Waals surface area contributed by atoms with Gasteiger partial charge in [0.1, 0.15) is 5.82 Å². The first kappa shape index (κ1) is 17.3. The van der Waals surface area contributed by atoms with E-state index >= 15 is 0 Å². The van der Waals surface area contributed by atoms with E-state index in [1.807, 2.05) is 31.2 Å². The molecule has 0 atom stereocenters. The Morgan fingerprint density at radius 3 is 2.56 bits per heavy atom. The number of aromatic nitrogens is 4. The molecule has 0 unspecified atom stereocenters. The lowest BCUT2D eigenvalue weighted by atomic mass is 10.1. The van der Waals surface area contributed by atoms with Gasteiger partial charge in [-0.2, -0.15) is 4.68 Å². The Morgan fingerprint density at radius 2 is 1.84 bits per heavy atom. The molecular weight excluding hydrogens is 339 g/mol. The zero-order chi connectivity index (χ0) is 17.6. The van der Waals surface area contributed by atoms with Crippen LogP contribution in [0.2, 0.25) is 0 Å². The maximum atomic E-state index is 12.9. The van der Waals surface area contributed by atoms with Crippen molar-refractivity contribution in [1.82, 2.24) is 20.2 Å². The van der Waals surface area contributed by atoms with Crippen molar-refractivity contribution in [3.8, 4) is 5.69 Å². The second-order valence-corrected chi connectivity index (χ2v) is 6.65. The number of rotatable bonds is 7. The largest absolute Gasteiger partial charge is 0.294 e. The summed E-state index contributed by atoms with van der Waals surface area (Å²) in [5.74, 6) is 0.396. The van der Waals surface area contributed by atoms with Gasteiger partial charge >= 0.3 is 0 Å². The standard InChI is InChI=1S/C18H17FN4OS/c1-13-4-10-16(11-5-13)23-18(20-21-22-23)25-12-2-3-17(24)14-6-8-15(19)9-7-14/h4-11H,2-3,12H2,1H3. The number of Topliss-reactive ketones (excluding diaryl/α,β-unsaturated/α-hetero) is 1. The maximum Gasteiger partial charge on any atom is 0.214 e. The summed E-state index contributed by atoms with van der Waals surface area (Å²) in [5, 5.41) is 12.5. The lowest BCUT2D eigenvalue weighted by Gasteiger charge is -2.05. The van der Waals surface area contributed by atoms with E-state index in [-0.39, 0.29) is 11.6 Å². The highest BCUT2D eigenvalue weighted by Crippen LogP contribution is 2.20. The Labute approximate surface area is 149 Å². The van der Waals surface area contributed by atoms with E-state index in [2.05, 4.69) is 15.5 Å². The van der Waals surface area contributed by atoms with E-state index in [4.69, 9.17) is 0 Å². The van der Waals surface area contributed by atoms with Crippen molar-refractivity contribution in [3.63, 3.8) is 0 Å². The van der Waals surface area contributed by atoms with Crippen molar-refractivity contribution in [2.24, 2.45) is 0 Å². The van der Waals surface area contributed by atoms with Gasteiger partial charge in [0.05, 0.1) is 5.69 Å². The summed E-state index contributed by atoms with van der Waals surface area (Å²) in [4.78, 5) is 12.1. The van der Waals surface area contributed by atoms with Gasteiger partial charge in [-0.3, -0.25) is 4.79 Å². The lowest BCUT2D eigenvalue weighted by molar-refractivity contribution is 0.0982. The fourth-order valence-electron chi connectivity index (χ4n) is 2.29. The fraction of sp³-hybridized carbons (Fsp3) is 0.222. The first-order valence-corrected chi connectivity index (χ1v) is 8.89. The van der Waals surface area contributed by atoms with Crippen molar-refractivity contribution in [3.05, 3.63) is 65.5 Å². The molecule has 0 aliphatic rings. The minimum absolute atomic E-state index is 0.0127. The first-order valence-electron chi connectivity index (χ1n) is 7.90. The molecule has 128 valence electrons. The molecule has 0 aliphatic carbocycles. The minimum Gasteiger partial charge on any atom is -0.294 e. The van der Waals surface area contributed by atoms with Crippen LogP contribution >= 0.6 is 11.8 Å². The Hall–Kier alpha value is -2.54. The Balaban J connectivity index is 1.53. The van der Waals surface area contributed by atoms with Crippen LogP contribution in [0.15, 0.2) is 53.7 Å². The van der Waals surface area contributed by atoms with Gasteiger partial charge in [0.15, 0.2) is 5.78 Å². The third-order valence-corrected chi connectivity index (χ3v) is 4.67. The monoisotopic (exact) mass is 356 g/mol. The van der Waals surface area contributed by atoms with Crippen LogP contribution in [0.1, 0.15) is 28.8 Å². The van der Waals surface area contributed by atoms with Gasteiger partial charge in [-0.25, -0.2) is 4.39 Å². The summed E-state index contributed by atoms with van der Waals surface area (Å²) in [6, 6.07) is 13.6. The predicted octanol–water partition coefficient (Wildman–Crippen LogP) is 3.87. The van der Waals surface area contributed by atoms with Crippen LogP contribution in [-0.4, -0.2) is 31.7 Å². The number of benzene rings is 2. The molecule has 1 aromatic heterocycles. The number of hydrogen-bond donors (Lipinski definition) is 0. The van der Waals surface area contributed by atoms with Gasteiger partial charge in [0.25, 0.3) is 0 Å². The third-order valence-electron chi connectivity index (χ3n) is 3.66. The molecule has 0 N–H and O–H groups in total. The van der Waals surface area contributed by atoms with Gasteiger partial charge in [-0.1, -0.05) is 29.5 Å². The minimum atomic E-state index is -0.338. The van der Waals surface area contributed by atoms with Crippen molar-refractivity contribution in [2.75, 3.05) is 5.75 Å². The number of halogens is 1. The van der Waals surface area contributed by atoms with E-state index in [1.165, 1.54) is 41.6 Å². The summed E-state index contributed by atoms with van der Waals surface area (Å²) in [7, 11) is 0. The Bertz CT molecular complexity index is 846. The van der Waals surface area contributed by atoms with Crippen LogP contribution in [0, 0.1) is 12.7 Å². The molecule has 25 heavy (non-hydrogen) atoms. The molecule has 0 saturated heterocycles. The second-order valence-electron chi connectivity index (χ2n) is 5.59. The van der Waals surface area contributed by atoms with Crippen LogP contribution < -0.4 is 0 Å². The molecule has 7 heteroatoms. The Kier molecular flexibility index (Phi) is 5.55. The number of nitrogens with zero attached hydrogens (tertiary/aromatic N) is 4. The molecule has 0 radical (unpaired) electrons. The predicted molar refractivity (Wildman–Crippen MR) is 94.6 cm³/mol. The molecule has 3 rings (SSSR count). The number of ketones is 1. The van der Waals surface area contributed by atoms with Crippen LogP contribution in [-0.2, 0) is 0 Å². The van der Waals surface area contributed by atoms with Crippen molar-refractivity contribution >= 4 is 17.5 Å². The molecule has 0 amide bonds. The summed E-state index contributed by atoms with van der Waals surface area (Å²) in [5.41, 5.74) is 2.61. The van der Waals surface area contributed by atoms with Gasteiger partial charge in [0.2, 0.25) is 5.16 Å². The molecule has 0 bridgehead atoms. The summed E-state index contributed by atoms with van der Waals surface area (Å²) in [6.45, 7) is 2.02. The van der Waals surface area contributed by atoms with E-state index in [1.54, 1.807) is 4.68 Å². The fourth-order valence-corrected chi connectivity index (χ4v) is 3.12. The zero-order valence-corrected chi connectivity index (χ0v) is 14.5. The number of tetrazole rings is 1. The second kappa shape index (κ2) is 8.02. The smallest absolute Gasteiger partial charge is 0.214 e. The Morgan fingerprint density at radius 1 is 1.12 bits per heavy atom. The number of thioether (sulfide) groups is 1. The van der Waals surface area contributed by atoms with Gasteiger partial charge < -0.3 is 0 Å². The number of aryl methyl sites for hydroxylation is 1. The molecule has 1 heterocycles. The van der Waals surface area contributed by atoms with Gasteiger partial charge in [0, 0.05) is 17.7 Å². The topological polar surface area (TPSA) is 60.7 Å². The molecule has 0 saturated carbocycles. The van der Waals surface area contributed by atoms with E-state index in [0.717, 1.165) is 11.4 Å². The number of carbonyl (C=O) groups excluding carboxylic acids is 1. The van der Waals surface area contributed by atoms with Crippen LogP contribution in [0.3, 0.4) is 0 Å². The van der Waals surface area contributed by atoms with Crippen LogP contribution in [0.25, 0.3) is 5.69 Å². The molecule has 0 spiro atoms. The molecule has 2 aromatic carbocycles. The SMILES string of the molecule is Cc1ccc(-n2nnnc2SCCCC(=O)c2ccc(F)cc2)cc1. The first-order chi connectivity index (χ1) is 12.1. The number of carbonyl (C=O) groups is 1. The normalized spacial score (nSPS) is 10.8. The summed E-state index contributed by atoms with van der Waals surface area (Å²) >= 11 is 1.51. The van der Waals surface area contributed by atoms with Crippen molar-refractivity contribution in [1.29, 1.82) is 0 Å². The van der Waals surface area contributed by atoms with Crippen LogP contribution in [0.4, 0.5) is 4.39 Å².